The number of nitrogens with one attached hydrogen (secondary N) is 3. The van der Waals surface area contributed by atoms with E-state index in [2.05, 4.69) is 20.6 Å². The van der Waals surface area contributed by atoms with E-state index in [1.54, 1.807) is 20.4 Å². The molecule has 0 spiro atoms. The zero-order valence-corrected chi connectivity index (χ0v) is 17.5. The molecule has 0 radical (unpaired) electrons. The predicted molar refractivity (Wildman–Crippen MR) is 112 cm³/mol. The zero-order valence-electron chi connectivity index (χ0n) is 17.5. The monoisotopic (exact) mass is 414 g/mol. The number of aliphatic hydroxyl groups is 1. The Labute approximate surface area is 175 Å². The summed E-state index contributed by atoms with van der Waals surface area (Å²) in [7, 11) is 3.09. The van der Waals surface area contributed by atoms with Gasteiger partial charge in [0.25, 0.3) is 5.91 Å². The van der Waals surface area contributed by atoms with Crippen LogP contribution in [0.2, 0.25) is 0 Å². The fourth-order valence-electron chi connectivity index (χ4n) is 6.25. The smallest absolute Gasteiger partial charge is 0.255 e. The molecule has 8 nitrogen and oxygen atoms in total. The summed E-state index contributed by atoms with van der Waals surface area (Å²) in [5.74, 6) is 1.30. The maximum atomic E-state index is 13.0. The molecule has 4 fully saturated rings. The van der Waals surface area contributed by atoms with Gasteiger partial charge in [-0.1, -0.05) is 0 Å². The van der Waals surface area contributed by atoms with Crippen molar-refractivity contribution in [2.75, 3.05) is 26.1 Å². The van der Waals surface area contributed by atoms with Crippen molar-refractivity contribution in [3.8, 4) is 0 Å². The molecule has 4 N–H and O–H groups in total. The summed E-state index contributed by atoms with van der Waals surface area (Å²) in [6, 6.07) is 2.22. The molecule has 2 aromatic heterocycles. The number of nitrogens with zero attached hydrogens (tertiary/aromatic N) is 1. The van der Waals surface area contributed by atoms with Crippen LogP contribution in [0, 0.1) is 17.8 Å². The fraction of sp³-hybridized carbons (Fsp3) is 0.636. The third-order valence-electron chi connectivity index (χ3n) is 7.34. The number of H-pyrrole nitrogens is 1. The van der Waals surface area contributed by atoms with Gasteiger partial charge in [0.1, 0.15) is 5.65 Å². The van der Waals surface area contributed by atoms with Crippen LogP contribution in [0.3, 0.4) is 0 Å². The number of anilines is 1. The molecular weight excluding hydrogens is 384 g/mol. The average molecular weight is 415 g/mol. The summed E-state index contributed by atoms with van der Waals surface area (Å²) in [5.41, 5.74) is 1.60. The Hall–Kier alpha value is -2.16. The number of amides is 1. The van der Waals surface area contributed by atoms with Crippen molar-refractivity contribution in [3.05, 3.63) is 24.0 Å². The van der Waals surface area contributed by atoms with Gasteiger partial charge in [-0.05, 0) is 55.9 Å². The first-order chi connectivity index (χ1) is 14.5. The third-order valence-corrected chi connectivity index (χ3v) is 7.34. The number of pyridine rings is 1. The molecule has 2 atom stereocenters. The third kappa shape index (κ3) is 3.36. The van der Waals surface area contributed by atoms with Crippen molar-refractivity contribution < 1.29 is 19.4 Å². The van der Waals surface area contributed by atoms with Crippen LogP contribution in [-0.2, 0) is 9.47 Å². The van der Waals surface area contributed by atoms with Crippen LogP contribution in [0.4, 0.5) is 5.69 Å². The fourth-order valence-corrected chi connectivity index (χ4v) is 6.25. The lowest BCUT2D eigenvalue weighted by Crippen LogP contribution is -2.59. The number of carbonyl (C=O) groups excluding carboxylic acids is 1. The first-order valence-electron chi connectivity index (χ1n) is 10.8. The second kappa shape index (κ2) is 7.51. The molecule has 0 aromatic carbocycles. The molecule has 162 valence electrons. The van der Waals surface area contributed by atoms with E-state index in [0.717, 1.165) is 48.8 Å². The Morgan fingerprint density at radius 3 is 2.70 bits per heavy atom. The highest BCUT2D eigenvalue weighted by atomic mass is 16.7. The molecule has 4 aliphatic rings. The molecule has 30 heavy (non-hydrogen) atoms. The van der Waals surface area contributed by atoms with Gasteiger partial charge in [-0.2, -0.15) is 0 Å². The highest BCUT2D eigenvalue weighted by Crippen LogP contribution is 2.56. The minimum Gasteiger partial charge on any atom is -0.390 e. The number of methoxy groups -OCH3 is 2. The van der Waals surface area contributed by atoms with Crippen molar-refractivity contribution in [3.63, 3.8) is 0 Å². The highest BCUT2D eigenvalue weighted by molar-refractivity contribution is 6.06. The SMILES string of the molecule is COC(CNC(=O)c1cnc2[nH]ccc2c1NC1C2CC3CC1CC(O)(C3)C2)OC. The van der Waals surface area contributed by atoms with Gasteiger partial charge in [0.15, 0.2) is 6.29 Å². The summed E-state index contributed by atoms with van der Waals surface area (Å²) < 4.78 is 10.3. The summed E-state index contributed by atoms with van der Waals surface area (Å²) in [5, 5.41) is 18.4. The first kappa shape index (κ1) is 19.8. The predicted octanol–water partition coefficient (Wildman–Crippen LogP) is 2.26. The number of ether oxygens (including phenoxy) is 2. The molecule has 2 heterocycles. The number of fused-ring (bicyclic) bond motifs is 1. The molecule has 4 aliphatic carbocycles. The van der Waals surface area contributed by atoms with Crippen LogP contribution in [0.25, 0.3) is 11.0 Å². The zero-order chi connectivity index (χ0) is 20.9. The Balaban J connectivity index is 1.43. The van der Waals surface area contributed by atoms with E-state index in [4.69, 9.17) is 9.47 Å². The van der Waals surface area contributed by atoms with Crippen molar-refractivity contribution in [1.82, 2.24) is 15.3 Å². The molecule has 4 saturated carbocycles. The standard InChI is InChI=1S/C22H30N4O4/c1-29-17(30-2)11-25-21(27)16-10-24-20-15(3-4-23-20)19(16)26-18-13-5-12-6-14(18)9-22(28,7-12)8-13/h3-4,10,12-14,17-18,28H,5-9,11H2,1-2H3,(H,25,27)(H2,23,24,26). The van der Waals surface area contributed by atoms with Gasteiger partial charge in [0.05, 0.1) is 23.4 Å². The topological polar surface area (TPSA) is 108 Å². The Morgan fingerprint density at radius 2 is 2.03 bits per heavy atom. The Kier molecular flexibility index (Phi) is 4.95. The molecule has 4 bridgehead atoms. The molecular formula is C22H30N4O4. The molecule has 0 aliphatic heterocycles. The second-order valence-electron chi connectivity index (χ2n) is 9.26. The van der Waals surface area contributed by atoms with Gasteiger partial charge >= 0.3 is 0 Å². The van der Waals surface area contributed by atoms with E-state index in [-0.39, 0.29) is 18.5 Å². The van der Waals surface area contributed by atoms with Crippen LogP contribution >= 0.6 is 0 Å². The first-order valence-corrected chi connectivity index (χ1v) is 10.8. The average Bonchev–Trinajstić information content (AvgIpc) is 3.19. The lowest BCUT2D eigenvalue weighted by atomic mass is 9.52. The molecule has 6 rings (SSSR count). The van der Waals surface area contributed by atoms with Crippen molar-refractivity contribution in [2.24, 2.45) is 17.8 Å². The molecule has 0 saturated heterocycles. The Bertz CT molecular complexity index is 924. The highest BCUT2D eigenvalue weighted by Gasteiger charge is 2.54. The maximum Gasteiger partial charge on any atom is 0.255 e. The van der Waals surface area contributed by atoms with Crippen LogP contribution < -0.4 is 10.6 Å². The van der Waals surface area contributed by atoms with Gasteiger partial charge in [-0.15, -0.1) is 0 Å². The van der Waals surface area contributed by atoms with Crippen molar-refractivity contribution >= 4 is 22.6 Å². The van der Waals surface area contributed by atoms with E-state index in [1.165, 1.54) is 0 Å². The number of carbonyl (C=O) groups is 1. The molecule has 1 amide bonds. The van der Waals surface area contributed by atoms with E-state index < -0.39 is 11.9 Å². The summed E-state index contributed by atoms with van der Waals surface area (Å²) in [6.45, 7) is 0.250. The largest absolute Gasteiger partial charge is 0.390 e. The van der Waals surface area contributed by atoms with Gasteiger partial charge in [0, 0.05) is 38.0 Å². The normalized spacial score (nSPS) is 32.1. The van der Waals surface area contributed by atoms with Crippen LogP contribution in [0.15, 0.2) is 18.5 Å². The number of rotatable bonds is 7. The lowest BCUT2D eigenvalue weighted by molar-refractivity contribution is -0.129. The number of hydrogen-bond donors (Lipinski definition) is 4. The van der Waals surface area contributed by atoms with Crippen LogP contribution in [0.1, 0.15) is 42.5 Å². The van der Waals surface area contributed by atoms with Gasteiger partial charge in [-0.25, -0.2) is 4.98 Å². The quantitative estimate of drug-likeness (QED) is 0.518. The van der Waals surface area contributed by atoms with Crippen LogP contribution in [0.5, 0.6) is 0 Å². The van der Waals surface area contributed by atoms with E-state index in [1.807, 2.05) is 12.3 Å². The Morgan fingerprint density at radius 1 is 1.30 bits per heavy atom. The number of aromatic amines is 1. The number of aromatic nitrogens is 2. The van der Waals surface area contributed by atoms with E-state index >= 15 is 0 Å². The van der Waals surface area contributed by atoms with E-state index in [9.17, 15) is 9.90 Å². The van der Waals surface area contributed by atoms with Crippen LogP contribution in [-0.4, -0.2) is 59.7 Å². The molecule has 8 heteroatoms. The molecule has 2 aromatic rings. The summed E-state index contributed by atoms with van der Waals surface area (Å²) in [6.07, 6.45) is 7.93. The van der Waals surface area contributed by atoms with E-state index in [0.29, 0.717) is 23.3 Å². The lowest BCUT2D eigenvalue weighted by Gasteiger charge is -2.58. The minimum absolute atomic E-state index is 0.213. The van der Waals surface area contributed by atoms with Crippen molar-refractivity contribution in [1.29, 1.82) is 0 Å². The molecule has 2 unspecified atom stereocenters. The minimum atomic E-state index is -0.500. The van der Waals surface area contributed by atoms with Gasteiger partial charge in [-0.3, -0.25) is 4.79 Å². The van der Waals surface area contributed by atoms with Crippen molar-refractivity contribution in [2.45, 2.75) is 50.0 Å². The number of hydrogen-bond acceptors (Lipinski definition) is 6. The van der Waals surface area contributed by atoms with Gasteiger partial charge < -0.3 is 30.2 Å². The maximum absolute atomic E-state index is 13.0. The summed E-state index contributed by atoms with van der Waals surface area (Å²) >= 11 is 0. The van der Waals surface area contributed by atoms with Gasteiger partial charge in [0.2, 0.25) is 0 Å². The second-order valence-corrected chi connectivity index (χ2v) is 9.26. The summed E-state index contributed by atoms with van der Waals surface area (Å²) in [4.78, 5) is 20.6.